The number of carbonyl (C=O) groups excluding carboxylic acids is 2. The highest BCUT2D eigenvalue weighted by Crippen LogP contribution is 2.23. The maximum absolute atomic E-state index is 11.4. The molecule has 0 heterocycles. The van der Waals surface area contributed by atoms with Crippen LogP contribution in [0.15, 0.2) is 0 Å². The number of amides is 2. The van der Waals surface area contributed by atoms with Gasteiger partial charge in [-0.15, -0.1) is 0 Å². The molecule has 0 aromatic carbocycles. The lowest BCUT2D eigenvalue weighted by Crippen LogP contribution is -2.37. The summed E-state index contributed by atoms with van der Waals surface area (Å²) in [6, 6.07) is 0. The van der Waals surface area contributed by atoms with Gasteiger partial charge in [-0.3, -0.25) is 9.59 Å². The summed E-state index contributed by atoms with van der Waals surface area (Å²) in [7, 11) is 0. The van der Waals surface area contributed by atoms with E-state index in [0.717, 1.165) is 32.1 Å². The predicted molar refractivity (Wildman–Crippen MR) is 69.0 cm³/mol. The van der Waals surface area contributed by atoms with Crippen LogP contribution in [0.3, 0.4) is 0 Å². The number of unbranched alkanes of at least 4 members (excludes halogenated alkanes) is 3. The standard InChI is InChI=1S/C13H26N2O2/c1-3-5-6-7-9-11(13(15)17)10(8-4-2)12(14)16/h10-11H,3-9H2,1-2H3,(H2,14,16)(H2,15,17)/t10-,11+/m0/s1. The molecule has 0 bridgehead atoms. The summed E-state index contributed by atoms with van der Waals surface area (Å²) < 4.78 is 0. The molecule has 0 aliphatic rings. The molecule has 4 heteroatoms. The zero-order chi connectivity index (χ0) is 13.3. The summed E-state index contributed by atoms with van der Waals surface area (Å²) >= 11 is 0. The highest BCUT2D eigenvalue weighted by atomic mass is 16.2. The number of hydrogen-bond acceptors (Lipinski definition) is 2. The molecule has 2 atom stereocenters. The summed E-state index contributed by atoms with van der Waals surface area (Å²) in [6.45, 7) is 4.11. The Balaban J connectivity index is 4.36. The Kier molecular flexibility index (Phi) is 8.46. The number of hydrogen-bond donors (Lipinski definition) is 2. The van der Waals surface area contributed by atoms with Gasteiger partial charge < -0.3 is 11.5 Å². The van der Waals surface area contributed by atoms with Crippen molar-refractivity contribution in [3.63, 3.8) is 0 Å². The van der Waals surface area contributed by atoms with E-state index in [2.05, 4.69) is 6.92 Å². The number of carbonyl (C=O) groups is 2. The first-order valence-electron chi connectivity index (χ1n) is 6.63. The molecular formula is C13H26N2O2. The molecule has 0 unspecified atom stereocenters. The molecule has 4 N–H and O–H groups in total. The lowest BCUT2D eigenvalue weighted by Gasteiger charge is -2.21. The molecule has 0 aromatic rings. The molecule has 0 aliphatic carbocycles. The smallest absolute Gasteiger partial charge is 0.221 e. The van der Waals surface area contributed by atoms with Crippen LogP contribution in [-0.2, 0) is 9.59 Å². The minimum atomic E-state index is -0.397. The average molecular weight is 242 g/mol. The molecule has 0 fully saturated rings. The number of nitrogens with two attached hydrogens (primary N) is 2. The lowest BCUT2D eigenvalue weighted by atomic mass is 9.83. The molecule has 2 amide bonds. The Hall–Kier alpha value is -1.06. The van der Waals surface area contributed by atoms with E-state index in [1.54, 1.807) is 0 Å². The highest BCUT2D eigenvalue weighted by molar-refractivity contribution is 5.85. The van der Waals surface area contributed by atoms with Crippen molar-refractivity contribution in [2.45, 2.75) is 58.8 Å². The molecule has 0 saturated heterocycles. The van der Waals surface area contributed by atoms with E-state index in [0.29, 0.717) is 12.8 Å². The Morgan fingerprint density at radius 1 is 0.824 bits per heavy atom. The van der Waals surface area contributed by atoms with Crippen LogP contribution in [0.5, 0.6) is 0 Å². The fourth-order valence-electron chi connectivity index (χ4n) is 2.19. The zero-order valence-corrected chi connectivity index (χ0v) is 11.1. The molecular weight excluding hydrogens is 216 g/mol. The summed E-state index contributed by atoms with van der Waals surface area (Å²) in [5, 5.41) is 0. The van der Waals surface area contributed by atoms with Crippen molar-refractivity contribution in [2.75, 3.05) is 0 Å². The number of primary amides is 2. The maximum Gasteiger partial charge on any atom is 0.221 e. The van der Waals surface area contributed by atoms with Gasteiger partial charge in [-0.25, -0.2) is 0 Å². The summed E-state index contributed by atoms with van der Waals surface area (Å²) in [6.07, 6.45) is 6.49. The van der Waals surface area contributed by atoms with Crippen molar-refractivity contribution in [2.24, 2.45) is 23.3 Å². The third kappa shape index (κ3) is 6.29. The lowest BCUT2D eigenvalue weighted by molar-refractivity contribution is -0.132. The topological polar surface area (TPSA) is 86.2 Å². The van der Waals surface area contributed by atoms with Gasteiger partial charge in [0.25, 0.3) is 0 Å². The molecule has 4 nitrogen and oxygen atoms in total. The van der Waals surface area contributed by atoms with E-state index in [1.165, 1.54) is 0 Å². The molecule has 0 aromatic heterocycles. The molecule has 0 rings (SSSR count). The second kappa shape index (κ2) is 9.02. The van der Waals surface area contributed by atoms with Crippen LogP contribution >= 0.6 is 0 Å². The van der Waals surface area contributed by atoms with Gasteiger partial charge in [0, 0.05) is 11.8 Å². The average Bonchev–Trinajstić information content (AvgIpc) is 2.26. The minimum absolute atomic E-state index is 0.385. The van der Waals surface area contributed by atoms with Gasteiger partial charge in [-0.2, -0.15) is 0 Å². The zero-order valence-electron chi connectivity index (χ0n) is 11.1. The molecule has 0 aliphatic heterocycles. The summed E-state index contributed by atoms with van der Waals surface area (Å²) in [4.78, 5) is 22.7. The highest BCUT2D eigenvalue weighted by Gasteiger charge is 2.29. The Morgan fingerprint density at radius 2 is 1.35 bits per heavy atom. The predicted octanol–water partition coefficient (Wildman–Crippen LogP) is 1.96. The van der Waals surface area contributed by atoms with Crippen LogP contribution < -0.4 is 11.5 Å². The van der Waals surface area contributed by atoms with Gasteiger partial charge in [-0.1, -0.05) is 46.0 Å². The summed E-state index contributed by atoms with van der Waals surface area (Å²) in [5.74, 6) is -1.56. The van der Waals surface area contributed by atoms with Crippen molar-refractivity contribution in [3.8, 4) is 0 Å². The van der Waals surface area contributed by atoms with E-state index in [9.17, 15) is 9.59 Å². The molecule has 100 valence electrons. The van der Waals surface area contributed by atoms with Gasteiger partial charge in [0.2, 0.25) is 11.8 Å². The van der Waals surface area contributed by atoms with Crippen LogP contribution in [0.1, 0.15) is 58.8 Å². The van der Waals surface area contributed by atoms with Gasteiger partial charge in [0.15, 0.2) is 0 Å². The monoisotopic (exact) mass is 242 g/mol. The Bertz CT molecular complexity index is 242. The van der Waals surface area contributed by atoms with Gasteiger partial charge in [0.05, 0.1) is 0 Å². The van der Waals surface area contributed by atoms with E-state index in [4.69, 9.17) is 11.5 Å². The molecule has 0 radical (unpaired) electrons. The van der Waals surface area contributed by atoms with Crippen molar-refractivity contribution in [1.82, 2.24) is 0 Å². The van der Waals surface area contributed by atoms with Crippen molar-refractivity contribution in [1.29, 1.82) is 0 Å². The van der Waals surface area contributed by atoms with E-state index >= 15 is 0 Å². The first-order valence-corrected chi connectivity index (χ1v) is 6.63. The molecule has 17 heavy (non-hydrogen) atoms. The second-order valence-corrected chi connectivity index (χ2v) is 4.66. The van der Waals surface area contributed by atoms with Crippen LogP contribution in [-0.4, -0.2) is 11.8 Å². The third-order valence-corrected chi connectivity index (χ3v) is 3.18. The Labute approximate surface area is 104 Å². The van der Waals surface area contributed by atoms with Crippen LogP contribution in [0.4, 0.5) is 0 Å². The second-order valence-electron chi connectivity index (χ2n) is 4.66. The fourth-order valence-corrected chi connectivity index (χ4v) is 2.19. The van der Waals surface area contributed by atoms with Crippen molar-refractivity contribution in [3.05, 3.63) is 0 Å². The Morgan fingerprint density at radius 3 is 1.76 bits per heavy atom. The molecule has 0 saturated carbocycles. The van der Waals surface area contributed by atoms with E-state index in [-0.39, 0.29) is 11.8 Å². The minimum Gasteiger partial charge on any atom is -0.369 e. The van der Waals surface area contributed by atoms with Gasteiger partial charge >= 0.3 is 0 Å². The maximum atomic E-state index is 11.4. The van der Waals surface area contributed by atoms with Crippen molar-refractivity contribution < 1.29 is 9.59 Å². The van der Waals surface area contributed by atoms with Crippen LogP contribution in [0.25, 0.3) is 0 Å². The largest absolute Gasteiger partial charge is 0.369 e. The third-order valence-electron chi connectivity index (χ3n) is 3.18. The fraction of sp³-hybridized carbons (Fsp3) is 0.846. The van der Waals surface area contributed by atoms with E-state index in [1.807, 2.05) is 6.92 Å². The first-order chi connectivity index (χ1) is 8.04. The van der Waals surface area contributed by atoms with E-state index < -0.39 is 11.8 Å². The van der Waals surface area contributed by atoms with Crippen LogP contribution in [0, 0.1) is 11.8 Å². The SMILES string of the molecule is CCCCCC[C@@H](C(N)=O)[C@H](CCC)C(N)=O. The van der Waals surface area contributed by atoms with Gasteiger partial charge in [-0.05, 0) is 12.8 Å². The van der Waals surface area contributed by atoms with Crippen molar-refractivity contribution >= 4 is 11.8 Å². The van der Waals surface area contributed by atoms with Gasteiger partial charge in [0.1, 0.15) is 0 Å². The normalized spacial score (nSPS) is 14.2. The number of rotatable bonds is 10. The molecule has 0 spiro atoms. The summed E-state index contributed by atoms with van der Waals surface area (Å²) in [5.41, 5.74) is 10.7. The van der Waals surface area contributed by atoms with Crippen LogP contribution in [0.2, 0.25) is 0 Å². The first kappa shape index (κ1) is 15.9. The quantitative estimate of drug-likeness (QED) is 0.574.